The predicted octanol–water partition coefficient (Wildman–Crippen LogP) is 3.15. The number of aliphatic hydroxyl groups is 2. The molecule has 7 nitrogen and oxygen atoms in total. The number of benzene rings is 1. The number of aliphatic hydroxyl groups excluding tert-OH is 2. The van der Waals surface area contributed by atoms with E-state index in [4.69, 9.17) is 9.15 Å². The van der Waals surface area contributed by atoms with Crippen LogP contribution in [-0.4, -0.2) is 45.4 Å². The highest BCUT2D eigenvalue weighted by Crippen LogP contribution is 2.35. The van der Waals surface area contributed by atoms with Crippen molar-refractivity contribution in [3.63, 3.8) is 0 Å². The zero-order valence-corrected chi connectivity index (χ0v) is 17.2. The highest BCUT2D eigenvalue weighted by Gasteiger charge is 2.26. The smallest absolute Gasteiger partial charge is 0.342 e. The molecule has 1 aromatic carbocycles. The van der Waals surface area contributed by atoms with Crippen molar-refractivity contribution in [3.8, 4) is 5.75 Å². The highest BCUT2D eigenvalue weighted by atomic mass is 16.5. The van der Waals surface area contributed by atoms with Gasteiger partial charge < -0.3 is 24.5 Å². The molecule has 1 aliphatic rings. The zero-order valence-electron chi connectivity index (χ0n) is 17.2. The Kier molecular flexibility index (Phi) is 6.43. The second-order valence-corrected chi connectivity index (χ2v) is 7.54. The van der Waals surface area contributed by atoms with Gasteiger partial charge in [-0.1, -0.05) is 32.1 Å². The molecule has 160 valence electrons. The summed E-state index contributed by atoms with van der Waals surface area (Å²) in [6, 6.07) is 3.18. The first-order chi connectivity index (χ1) is 14.2. The van der Waals surface area contributed by atoms with Crippen LogP contribution >= 0.6 is 0 Å². The first-order valence-electron chi connectivity index (χ1n) is 9.97. The van der Waals surface area contributed by atoms with E-state index in [1.807, 2.05) is 6.92 Å². The van der Waals surface area contributed by atoms with Gasteiger partial charge in [0, 0.05) is 29.4 Å². The summed E-state index contributed by atoms with van der Waals surface area (Å²) in [7, 11) is 0. The second kappa shape index (κ2) is 8.85. The van der Waals surface area contributed by atoms with Crippen molar-refractivity contribution in [1.29, 1.82) is 0 Å². The Morgan fingerprint density at radius 3 is 2.57 bits per heavy atom. The van der Waals surface area contributed by atoms with Crippen LogP contribution in [0, 0.1) is 5.92 Å². The van der Waals surface area contributed by atoms with Gasteiger partial charge in [-0.25, -0.2) is 4.79 Å². The third kappa shape index (κ3) is 4.32. The summed E-state index contributed by atoms with van der Waals surface area (Å²) >= 11 is 0. The van der Waals surface area contributed by atoms with Gasteiger partial charge in [-0.05, 0) is 25.5 Å². The van der Waals surface area contributed by atoms with Gasteiger partial charge in [-0.3, -0.25) is 4.79 Å². The van der Waals surface area contributed by atoms with Gasteiger partial charge in [0.25, 0.3) is 0 Å². The summed E-state index contributed by atoms with van der Waals surface area (Å²) < 4.78 is 11.3. The number of carbonyl (C=O) groups excluding carboxylic acids is 2. The van der Waals surface area contributed by atoms with Crippen LogP contribution in [0.3, 0.4) is 0 Å². The van der Waals surface area contributed by atoms with E-state index in [-0.39, 0.29) is 23.7 Å². The first kappa shape index (κ1) is 21.8. The molecule has 0 saturated carbocycles. The van der Waals surface area contributed by atoms with Crippen molar-refractivity contribution in [2.75, 3.05) is 0 Å². The summed E-state index contributed by atoms with van der Waals surface area (Å²) in [6.07, 6.45) is 2.92. The number of fused-ring (bicyclic) bond motifs is 3. The molecule has 4 atom stereocenters. The third-order valence-corrected chi connectivity index (χ3v) is 5.36. The molecule has 0 aliphatic carbocycles. The molecule has 0 spiro atoms. The molecule has 3 N–H and O–H groups in total. The molecule has 1 aromatic heterocycles. The van der Waals surface area contributed by atoms with E-state index >= 15 is 0 Å². The standard InChI is InChI=1S/C23H26O7/c1-4-14-10-16-15-6-5-7-17(24)22(27)18(25)9-8-12(2)13(3)29-23(28)21(15)19(26)11-20(16)30-14/h5-6,8-13,17,22,24,26-27H,4,7H2,1-3H3/b6-5?,9-8-/t12-,13+,17+,22+/m1/s1. The van der Waals surface area contributed by atoms with Crippen LogP contribution < -0.4 is 0 Å². The maximum absolute atomic E-state index is 12.9. The lowest BCUT2D eigenvalue weighted by Crippen LogP contribution is -2.32. The molecule has 1 aliphatic heterocycles. The molecule has 0 saturated heterocycles. The number of phenolic OH excluding ortho intramolecular Hbond substituents is 1. The summed E-state index contributed by atoms with van der Waals surface area (Å²) in [5, 5.41) is 31.4. The Morgan fingerprint density at radius 1 is 1.13 bits per heavy atom. The summed E-state index contributed by atoms with van der Waals surface area (Å²) in [4.78, 5) is 25.0. The van der Waals surface area contributed by atoms with E-state index in [0.29, 0.717) is 28.7 Å². The molecule has 0 bridgehead atoms. The molecule has 0 radical (unpaired) electrons. The van der Waals surface area contributed by atoms with Crippen molar-refractivity contribution in [2.45, 2.75) is 51.9 Å². The number of furan rings is 1. The average Bonchev–Trinajstić information content (AvgIpc) is 3.12. The van der Waals surface area contributed by atoms with Gasteiger partial charge in [0.1, 0.15) is 34.9 Å². The fourth-order valence-electron chi connectivity index (χ4n) is 3.29. The van der Waals surface area contributed by atoms with Gasteiger partial charge in [-0.15, -0.1) is 0 Å². The van der Waals surface area contributed by atoms with Crippen LogP contribution in [0.4, 0.5) is 0 Å². The lowest BCUT2D eigenvalue weighted by atomic mass is 9.98. The number of cyclic esters (lactones) is 1. The fourth-order valence-corrected chi connectivity index (χ4v) is 3.29. The van der Waals surface area contributed by atoms with Crippen LogP contribution in [0.15, 0.2) is 34.8 Å². The summed E-state index contributed by atoms with van der Waals surface area (Å²) in [5.74, 6) is -1.25. The van der Waals surface area contributed by atoms with Crippen molar-refractivity contribution in [3.05, 3.63) is 47.2 Å². The zero-order chi connectivity index (χ0) is 22.0. The lowest BCUT2D eigenvalue weighted by molar-refractivity contribution is -0.127. The molecule has 2 heterocycles. The second-order valence-electron chi connectivity index (χ2n) is 7.54. The number of ether oxygens (including phenoxy) is 1. The molecule has 2 aromatic rings. The van der Waals surface area contributed by atoms with E-state index < -0.39 is 30.1 Å². The van der Waals surface area contributed by atoms with Crippen LogP contribution in [0.1, 0.15) is 48.9 Å². The van der Waals surface area contributed by atoms with E-state index in [9.17, 15) is 24.9 Å². The number of hydrogen-bond acceptors (Lipinski definition) is 7. The largest absolute Gasteiger partial charge is 0.507 e. The number of aryl methyl sites for hydroxylation is 1. The van der Waals surface area contributed by atoms with Gasteiger partial charge in [0.15, 0.2) is 5.78 Å². The van der Waals surface area contributed by atoms with E-state index in [1.54, 1.807) is 26.0 Å². The lowest BCUT2D eigenvalue weighted by Gasteiger charge is -2.20. The SMILES string of the molecule is CCc1cc2c3c(c(O)cc2o1)C(=O)O[C@@H](C)[C@H](C)/C=C\C(=O)[C@@H](O)[C@@H](O)CC=C3. The van der Waals surface area contributed by atoms with Gasteiger partial charge in [0.05, 0.1) is 6.10 Å². The number of esters is 1. The van der Waals surface area contributed by atoms with Gasteiger partial charge in [-0.2, -0.15) is 0 Å². The minimum atomic E-state index is -1.57. The van der Waals surface area contributed by atoms with Crippen LogP contribution in [0.25, 0.3) is 17.0 Å². The first-order valence-corrected chi connectivity index (χ1v) is 9.97. The molecule has 0 amide bonds. The van der Waals surface area contributed by atoms with Gasteiger partial charge in [0.2, 0.25) is 0 Å². The minimum absolute atomic E-state index is 0.00610. The van der Waals surface area contributed by atoms with Crippen LogP contribution in [-0.2, 0) is 16.0 Å². The molecule has 0 unspecified atom stereocenters. The number of hydrogen-bond donors (Lipinski definition) is 3. The Bertz CT molecular complexity index is 1010. The van der Waals surface area contributed by atoms with Gasteiger partial charge >= 0.3 is 5.97 Å². The summed E-state index contributed by atoms with van der Waals surface area (Å²) in [6.45, 7) is 5.35. The van der Waals surface area contributed by atoms with Crippen molar-refractivity contribution in [1.82, 2.24) is 0 Å². The van der Waals surface area contributed by atoms with Crippen LogP contribution in [0.5, 0.6) is 5.75 Å². The Labute approximate surface area is 174 Å². The molecular weight excluding hydrogens is 388 g/mol. The fraction of sp³-hybridized carbons (Fsp3) is 0.391. The molecule has 0 fully saturated rings. The highest BCUT2D eigenvalue weighted by molar-refractivity contribution is 6.04. The molecule has 3 rings (SSSR count). The number of rotatable bonds is 1. The third-order valence-electron chi connectivity index (χ3n) is 5.36. The maximum Gasteiger partial charge on any atom is 0.342 e. The summed E-state index contributed by atoms with van der Waals surface area (Å²) in [5.41, 5.74) is 0.800. The monoisotopic (exact) mass is 414 g/mol. The topological polar surface area (TPSA) is 117 Å². The van der Waals surface area contributed by atoms with E-state index in [2.05, 4.69) is 0 Å². The number of ketones is 1. The van der Waals surface area contributed by atoms with E-state index in [0.717, 1.165) is 0 Å². The Balaban J connectivity index is 2.15. The minimum Gasteiger partial charge on any atom is -0.507 e. The Morgan fingerprint density at radius 2 is 1.87 bits per heavy atom. The van der Waals surface area contributed by atoms with E-state index in [1.165, 1.54) is 24.3 Å². The molecule has 30 heavy (non-hydrogen) atoms. The number of carbonyl (C=O) groups is 2. The quantitative estimate of drug-likeness (QED) is 0.614. The average molecular weight is 414 g/mol. The normalized spacial score (nSPS) is 26.8. The molecule has 7 heteroatoms. The Hall–Kier alpha value is -2.90. The van der Waals surface area contributed by atoms with Crippen molar-refractivity contribution < 1.29 is 34.1 Å². The van der Waals surface area contributed by atoms with Crippen molar-refractivity contribution >= 4 is 28.8 Å². The van der Waals surface area contributed by atoms with Crippen LogP contribution in [0.2, 0.25) is 0 Å². The maximum atomic E-state index is 12.9. The number of aromatic hydroxyl groups is 1. The molecular formula is C23H26O7. The van der Waals surface area contributed by atoms with Crippen molar-refractivity contribution in [2.24, 2.45) is 5.92 Å². The predicted molar refractivity (Wildman–Crippen MR) is 111 cm³/mol. The number of phenols is 1.